The monoisotopic (exact) mass is 354 g/mol. The van der Waals surface area contributed by atoms with Crippen LogP contribution in [-0.4, -0.2) is 50.9 Å². The third-order valence-electron chi connectivity index (χ3n) is 4.76. The first-order chi connectivity index (χ1) is 12.8. The van der Waals surface area contributed by atoms with Crippen LogP contribution in [0.25, 0.3) is 10.9 Å². The second kappa shape index (κ2) is 7.27. The minimum Gasteiger partial charge on any atom is -0.381 e. The Morgan fingerprint density at radius 3 is 2.85 bits per heavy atom. The number of aromatic nitrogens is 4. The van der Waals surface area contributed by atoms with Crippen LogP contribution in [0.1, 0.15) is 12.8 Å². The lowest BCUT2D eigenvalue weighted by Gasteiger charge is -2.31. The Bertz CT molecular complexity index is 888. The number of fused-ring (bicyclic) bond motifs is 1. The summed E-state index contributed by atoms with van der Waals surface area (Å²) in [5, 5.41) is 13.6. The number of anilines is 3. The van der Waals surface area contributed by atoms with Crippen molar-refractivity contribution in [2.45, 2.75) is 25.7 Å². The number of hydrogen-bond donors (Lipinski definition) is 2. The van der Waals surface area contributed by atoms with Crippen LogP contribution in [0.3, 0.4) is 0 Å². The van der Waals surface area contributed by atoms with Crippen LogP contribution in [0, 0.1) is 0 Å². The van der Waals surface area contributed by atoms with E-state index in [0.29, 0.717) is 23.7 Å². The van der Waals surface area contributed by atoms with Crippen molar-refractivity contribution in [1.82, 2.24) is 19.5 Å². The van der Waals surface area contributed by atoms with Crippen molar-refractivity contribution in [3.8, 4) is 0 Å². The third kappa shape index (κ3) is 3.33. The fraction of sp³-hybridized carbons (Fsp3) is 0.389. The molecule has 136 valence electrons. The maximum Gasteiger partial charge on any atom is 0.227 e. The molecule has 8 heteroatoms. The number of ether oxygens (including phenoxy) is 1. The van der Waals surface area contributed by atoms with Crippen LogP contribution in [-0.2, 0) is 11.5 Å². The number of nitrogens with zero attached hydrogens (tertiary/aromatic N) is 5. The highest BCUT2D eigenvalue weighted by Crippen LogP contribution is 2.22. The molecular formula is C18H22N6O2. The van der Waals surface area contributed by atoms with Gasteiger partial charge in [-0.15, -0.1) is 0 Å². The molecular weight excluding hydrogens is 332 g/mol. The molecule has 2 N–H and O–H groups in total. The van der Waals surface area contributed by atoms with Crippen molar-refractivity contribution in [1.29, 1.82) is 0 Å². The van der Waals surface area contributed by atoms with Crippen molar-refractivity contribution >= 4 is 28.5 Å². The number of aliphatic hydroxyl groups is 1. The van der Waals surface area contributed by atoms with Gasteiger partial charge >= 0.3 is 0 Å². The molecule has 4 heterocycles. The zero-order chi connectivity index (χ0) is 17.9. The summed E-state index contributed by atoms with van der Waals surface area (Å²) < 4.78 is 7.18. The van der Waals surface area contributed by atoms with Gasteiger partial charge in [-0.05, 0) is 25.0 Å². The first-order valence-electron chi connectivity index (χ1n) is 8.70. The minimum absolute atomic E-state index is 0.0674. The van der Waals surface area contributed by atoms with Gasteiger partial charge in [-0.25, -0.2) is 9.97 Å². The van der Waals surface area contributed by atoms with Gasteiger partial charge in [0.2, 0.25) is 5.95 Å². The largest absolute Gasteiger partial charge is 0.381 e. The topological polar surface area (TPSA) is 88.3 Å². The second-order valence-electron chi connectivity index (χ2n) is 6.34. The summed E-state index contributed by atoms with van der Waals surface area (Å²) in [4.78, 5) is 15.6. The number of hydrogen-bond acceptors (Lipinski definition) is 7. The zero-order valence-corrected chi connectivity index (χ0v) is 14.7. The van der Waals surface area contributed by atoms with Gasteiger partial charge in [0.1, 0.15) is 18.4 Å². The Labute approximate surface area is 151 Å². The van der Waals surface area contributed by atoms with Crippen molar-refractivity contribution in [3.63, 3.8) is 0 Å². The van der Waals surface area contributed by atoms with E-state index in [9.17, 15) is 5.11 Å². The number of methoxy groups -OCH3 is 1. The van der Waals surface area contributed by atoms with E-state index in [4.69, 9.17) is 4.74 Å². The smallest absolute Gasteiger partial charge is 0.227 e. The fourth-order valence-corrected chi connectivity index (χ4v) is 3.27. The number of rotatable bonds is 5. The van der Waals surface area contributed by atoms with Gasteiger partial charge in [-0.2, -0.15) is 4.98 Å². The molecule has 4 rings (SSSR count). The third-order valence-corrected chi connectivity index (χ3v) is 4.76. The fourth-order valence-electron chi connectivity index (χ4n) is 3.27. The standard InChI is InChI=1S/C18H22N6O2/c1-26-14-4-8-23(9-5-14)18-19-6-2-16(22-18)21-17-10-15-13(11-20-17)3-7-24(15)12-25/h2-3,6-7,10-11,14,25H,4-5,8-9,12H2,1H3,(H,19,20,21,22). The summed E-state index contributed by atoms with van der Waals surface area (Å²) in [5.74, 6) is 2.08. The molecule has 0 amide bonds. The Hall–Kier alpha value is -2.71. The van der Waals surface area contributed by atoms with E-state index in [1.54, 1.807) is 24.1 Å². The van der Waals surface area contributed by atoms with E-state index in [0.717, 1.165) is 36.8 Å². The highest BCUT2D eigenvalue weighted by molar-refractivity contribution is 5.82. The number of aliphatic hydroxyl groups excluding tert-OH is 1. The van der Waals surface area contributed by atoms with Crippen molar-refractivity contribution in [2.75, 3.05) is 30.4 Å². The molecule has 1 aliphatic heterocycles. The molecule has 0 saturated carbocycles. The predicted octanol–water partition coefficient (Wildman–Crippen LogP) is 2.13. The van der Waals surface area contributed by atoms with Gasteiger partial charge in [-0.1, -0.05) is 0 Å². The van der Waals surface area contributed by atoms with E-state index < -0.39 is 0 Å². The lowest BCUT2D eigenvalue weighted by molar-refractivity contribution is 0.0816. The molecule has 1 fully saturated rings. The highest BCUT2D eigenvalue weighted by atomic mass is 16.5. The van der Waals surface area contributed by atoms with Crippen LogP contribution in [0.4, 0.5) is 17.6 Å². The Kier molecular flexibility index (Phi) is 4.68. The summed E-state index contributed by atoms with van der Waals surface area (Å²) in [6.07, 6.45) is 7.65. The summed E-state index contributed by atoms with van der Waals surface area (Å²) >= 11 is 0. The maximum absolute atomic E-state index is 9.41. The van der Waals surface area contributed by atoms with Crippen LogP contribution in [0.2, 0.25) is 0 Å². The molecule has 1 aliphatic rings. The average Bonchev–Trinajstić information content (AvgIpc) is 3.10. The summed E-state index contributed by atoms with van der Waals surface area (Å²) in [6, 6.07) is 5.65. The summed E-state index contributed by atoms with van der Waals surface area (Å²) in [5.41, 5.74) is 0.918. The number of pyridine rings is 1. The molecule has 0 bridgehead atoms. The van der Waals surface area contributed by atoms with Crippen LogP contribution in [0.5, 0.6) is 0 Å². The van der Waals surface area contributed by atoms with E-state index >= 15 is 0 Å². The number of piperidine rings is 1. The van der Waals surface area contributed by atoms with Crippen molar-refractivity contribution < 1.29 is 9.84 Å². The van der Waals surface area contributed by atoms with Crippen LogP contribution < -0.4 is 10.2 Å². The molecule has 3 aromatic heterocycles. The quantitative estimate of drug-likeness (QED) is 0.725. The molecule has 0 radical (unpaired) electrons. The Morgan fingerprint density at radius 2 is 2.08 bits per heavy atom. The molecule has 0 unspecified atom stereocenters. The molecule has 1 saturated heterocycles. The maximum atomic E-state index is 9.41. The summed E-state index contributed by atoms with van der Waals surface area (Å²) in [6.45, 7) is 1.70. The lowest BCUT2D eigenvalue weighted by atomic mass is 10.1. The molecule has 8 nitrogen and oxygen atoms in total. The summed E-state index contributed by atoms with van der Waals surface area (Å²) in [7, 11) is 1.76. The van der Waals surface area contributed by atoms with Gasteiger partial charge in [0.25, 0.3) is 0 Å². The SMILES string of the molecule is COC1CCN(c2nccc(Nc3cc4c(ccn4CO)cn3)n2)CC1. The molecule has 0 aromatic carbocycles. The molecule has 3 aromatic rings. The lowest BCUT2D eigenvalue weighted by Crippen LogP contribution is -2.37. The van der Waals surface area contributed by atoms with Crippen molar-refractivity contribution in [3.05, 3.63) is 36.8 Å². The Balaban J connectivity index is 1.52. The van der Waals surface area contributed by atoms with Gasteiger partial charge in [0.15, 0.2) is 0 Å². The predicted molar refractivity (Wildman–Crippen MR) is 99.5 cm³/mol. The highest BCUT2D eigenvalue weighted by Gasteiger charge is 2.20. The normalized spacial score (nSPS) is 15.5. The van der Waals surface area contributed by atoms with E-state index in [1.165, 1.54) is 0 Å². The number of nitrogens with one attached hydrogen (secondary N) is 1. The van der Waals surface area contributed by atoms with Crippen molar-refractivity contribution in [2.24, 2.45) is 0 Å². The van der Waals surface area contributed by atoms with E-state index in [2.05, 4.69) is 25.2 Å². The van der Waals surface area contributed by atoms with Gasteiger partial charge in [-0.3, -0.25) is 0 Å². The zero-order valence-electron chi connectivity index (χ0n) is 14.7. The molecule has 0 aliphatic carbocycles. The van der Waals surface area contributed by atoms with Crippen LogP contribution >= 0.6 is 0 Å². The minimum atomic E-state index is -0.0674. The van der Waals surface area contributed by atoms with Gasteiger partial charge in [0, 0.05) is 50.2 Å². The van der Waals surface area contributed by atoms with Gasteiger partial charge < -0.3 is 24.6 Å². The van der Waals surface area contributed by atoms with Crippen LogP contribution in [0.15, 0.2) is 36.8 Å². The average molecular weight is 354 g/mol. The first kappa shape index (κ1) is 16.7. The van der Waals surface area contributed by atoms with Gasteiger partial charge in [0.05, 0.1) is 11.6 Å². The van der Waals surface area contributed by atoms with E-state index in [1.807, 2.05) is 24.4 Å². The first-order valence-corrected chi connectivity index (χ1v) is 8.70. The van der Waals surface area contributed by atoms with E-state index in [-0.39, 0.29) is 6.73 Å². The Morgan fingerprint density at radius 1 is 1.23 bits per heavy atom. The molecule has 0 spiro atoms. The molecule has 26 heavy (non-hydrogen) atoms. The second-order valence-corrected chi connectivity index (χ2v) is 6.34. The molecule has 0 atom stereocenters.